The molecule has 1 unspecified atom stereocenters. The summed E-state index contributed by atoms with van der Waals surface area (Å²) in [6.07, 6.45) is 6.62. The fourth-order valence-corrected chi connectivity index (χ4v) is 2.62. The molecule has 1 atom stereocenters. The summed E-state index contributed by atoms with van der Waals surface area (Å²) < 4.78 is 7.13. The lowest BCUT2D eigenvalue weighted by molar-refractivity contribution is -0.148. The van der Waals surface area contributed by atoms with Crippen LogP contribution in [0, 0.1) is 0 Å². The Morgan fingerprint density at radius 3 is 2.75 bits per heavy atom. The molecule has 0 aromatic carbocycles. The van der Waals surface area contributed by atoms with Gasteiger partial charge in [0.25, 0.3) is 0 Å². The molecule has 86 valence electrons. The molecule has 6 nitrogen and oxygen atoms in total. The minimum absolute atomic E-state index is 0.186. The third-order valence-corrected chi connectivity index (χ3v) is 3.76. The fraction of sp³-hybridized carbons (Fsp3) is 0.700. The van der Waals surface area contributed by atoms with E-state index in [9.17, 15) is 9.90 Å². The number of rotatable bonds is 2. The second kappa shape index (κ2) is 3.04. The second-order valence-corrected chi connectivity index (χ2v) is 4.69. The van der Waals surface area contributed by atoms with Crippen LogP contribution < -0.4 is 0 Å². The molecule has 1 saturated carbocycles. The quantitative estimate of drug-likeness (QED) is 0.785. The summed E-state index contributed by atoms with van der Waals surface area (Å²) in [5.41, 5.74) is -1.28. The second-order valence-electron chi connectivity index (χ2n) is 4.69. The molecule has 1 aliphatic carbocycles. The maximum atomic E-state index is 11.5. The van der Waals surface area contributed by atoms with Crippen LogP contribution in [0.25, 0.3) is 0 Å². The van der Waals surface area contributed by atoms with Crippen LogP contribution in [0.1, 0.15) is 25.7 Å². The molecule has 1 N–H and O–H groups in total. The first-order valence-electron chi connectivity index (χ1n) is 5.41. The first kappa shape index (κ1) is 9.77. The van der Waals surface area contributed by atoms with Crippen LogP contribution in [0.15, 0.2) is 12.4 Å². The van der Waals surface area contributed by atoms with Gasteiger partial charge in [-0.05, 0) is 19.3 Å². The lowest BCUT2D eigenvalue weighted by Crippen LogP contribution is -2.45. The monoisotopic (exact) mass is 223 g/mol. The van der Waals surface area contributed by atoms with Gasteiger partial charge < -0.3 is 9.84 Å². The average molecular weight is 223 g/mol. The van der Waals surface area contributed by atoms with Gasteiger partial charge in [-0.25, -0.2) is 9.48 Å². The Morgan fingerprint density at radius 1 is 1.50 bits per heavy atom. The van der Waals surface area contributed by atoms with Crippen molar-refractivity contribution < 1.29 is 14.6 Å². The summed E-state index contributed by atoms with van der Waals surface area (Å²) >= 11 is 0. The van der Waals surface area contributed by atoms with Crippen molar-refractivity contribution in [3.05, 3.63) is 12.4 Å². The zero-order valence-electron chi connectivity index (χ0n) is 8.80. The molecule has 1 aromatic heterocycles. The summed E-state index contributed by atoms with van der Waals surface area (Å²) in [5.74, 6) is -0.887. The van der Waals surface area contributed by atoms with Gasteiger partial charge in [0, 0.05) is 12.6 Å². The number of hydrogen-bond donors (Lipinski definition) is 1. The maximum absolute atomic E-state index is 11.5. The third kappa shape index (κ3) is 1.13. The van der Waals surface area contributed by atoms with Crippen LogP contribution in [0.3, 0.4) is 0 Å². The van der Waals surface area contributed by atoms with Crippen molar-refractivity contribution in [1.29, 1.82) is 0 Å². The molecule has 1 saturated heterocycles. The van der Waals surface area contributed by atoms with Gasteiger partial charge >= 0.3 is 5.97 Å². The molecule has 1 spiro atoms. The predicted molar refractivity (Wildman–Crippen MR) is 52.8 cm³/mol. The third-order valence-electron chi connectivity index (χ3n) is 3.76. The number of carboxylic acids is 1. The highest BCUT2D eigenvalue weighted by Crippen LogP contribution is 2.49. The molecule has 2 heterocycles. The number of aromatic nitrogens is 3. The van der Waals surface area contributed by atoms with Crippen molar-refractivity contribution in [3.63, 3.8) is 0 Å². The fourth-order valence-electron chi connectivity index (χ4n) is 2.62. The topological polar surface area (TPSA) is 77.2 Å². The molecular weight excluding hydrogens is 210 g/mol. The molecule has 2 fully saturated rings. The lowest BCUT2D eigenvalue weighted by atomic mass is 9.74. The Hall–Kier alpha value is -1.43. The number of ether oxygens (including phenoxy) is 1. The van der Waals surface area contributed by atoms with Gasteiger partial charge in [0.1, 0.15) is 0 Å². The van der Waals surface area contributed by atoms with Gasteiger partial charge in [-0.1, -0.05) is 5.21 Å². The first-order chi connectivity index (χ1) is 7.67. The lowest BCUT2D eigenvalue weighted by Gasteiger charge is -2.37. The van der Waals surface area contributed by atoms with E-state index in [1.165, 1.54) is 10.9 Å². The molecule has 1 aliphatic heterocycles. The van der Waals surface area contributed by atoms with E-state index in [2.05, 4.69) is 10.3 Å². The highest BCUT2D eigenvalue weighted by atomic mass is 16.5. The van der Waals surface area contributed by atoms with Crippen LogP contribution in [0.2, 0.25) is 0 Å². The standard InChI is InChI=1S/C10H13N3O3/c14-8(15)10(13-5-4-11-12-13)6-9(16-7-10)2-1-3-9/h4-5H,1-3,6-7H2,(H,14,15). The molecule has 3 rings (SSSR count). The van der Waals surface area contributed by atoms with E-state index in [0.29, 0.717) is 6.42 Å². The van der Waals surface area contributed by atoms with Crippen LogP contribution in [0.4, 0.5) is 0 Å². The van der Waals surface area contributed by atoms with Crippen molar-refractivity contribution in [2.45, 2.75) is 36.8 Å². The van der Waals surface area contributed by atoms with Crippen LogP contribution in [-0.4, -0.2) is 38.3 Å². The Balaban J connectivity index is 1.97. The van der Waals surface area contributed by atoms with Crippen LogP contribution >= 0.6 is 0 Å². The van der Waals surface area contributed by atoms with Crippen molar-refractivity contribution >= 4 is 5.97 Å². The van der Waals surface area contributed by atoms with E-state index in [1.807, 2.05) is 0 Å². The summed E-state index contributed by atoms with van der Waals surface area (Å²) in [6, 6.07) is 0. The van der Waals surface area contributed by atoms with Gasteiger partial charge in [0.05, 0.1) is 18.4 Å². The summed E-state index contributed by atoms with van der Waals surface area (Å²) in [6.45, 7) is 0.186. The van der Waals surface area contributed by atoms with Gasteiger partial charge in [-0.15, -0.1) is 5.10 Å². The summed E-state index contributed by atoms with van der Waals surface area (Å²) in [7, 11) is 0. The number of nitrogens with zero attached hydrogens (tertiary/aromatic N) is 3. The van der Waals surface area contributed by atoms with Crippen LogP contribution in [0.5, 0.6) is 0 Å². The Kier molecular flexibility index (Phi) is 1.85. The maximum Gasteiger partial charge on any atom is 0.334 e. The van der Waals surface area contributed by atoms with Crippen LogP contribution in [-0.2, 0) is 15.1 Å². The highest BCUT2D eigenvalue weighted by Gasteiger charge is 2.58. The molecule has 1 aromatic rings. The van der Waals surface area contributed by atoms with Crippen molar-refractivity contribution in [2.24, 2.45) is 0 Å². The largest absolute Gasteiger partial charge is 0.479 e. The van der Waals surface area contributed by atoms with Gasteiger partial charge in [0.2, 0.25) is 0 Å². The SMILES string of the molecule is O=C(O)C1(n2ccnn2)COC2(CCC2)C1. The highest BCUT2D eigenvalue weighted by molar-refractivity contribution is 5.77. The van der Waals surface area contributed by atoms with E-state index in [1.54, 1.807) is 6.20 Å². The normalized spacial score (nSPS) is 31.5. The molecular formula is C10H13N3O3. The summed E-state index contributed by atoms with van der Waals surface area (Å²) in [5, 5.41) is 16.9. The van der Waals surface area contributed by atoms with E-state index in [-0.39, 0.29) is 12.2 Å². The number of carbonyl (C=O) groups is 1. The summed E-state index contributed by atoms with van der Waals surface area (Å²) in [4.78, 5) is 11.5. The van der Waals surface area contributed by atoms with Crippen molar-refractivity contribution in [2.75, 3.05) is 6.61 Å². The minimum atomic E-state index is -1.06. The first-order valence-corrected chi connectivity index (χ1v) is 5.41. The Labute approximate surface area is 92.2 Å². The van der Waals surface area contributed by atoms with Crippen molar-refractivity contribution in [1.82, 2.24) is 15.0 Å². The molecule has 0 radical (unpaired) electrons. The van der Waals surface area contributed by atoms with E-state index < -0.39 is 11.5 Å². The van der Waals surface area contributed by atoms with Crippen molar-refractivity contribution in [3.8, 4) is 0 Å². The Morgan fingerprint density at radius 2 is 2.31 bits per heavy atom. The zero-order valence-corrected chi connectivity index (χ0v) is 8.80. The number of carboxylic acid groups (broad SMARTS) is 1. The number of hydrogen-bond acceptors (Lipinski definition) is 4. The van der Waals surface area contributed by atoms with Gasteiger partial charge in [0.15, 0.2) is 5.54 Å². The predicted octanol–water partition coefficient (Wildman–Crippen LogP) is 0.401. The minimum Gasteiger partial charge on any atom is -0.479 e. The zero-order chi connectivity index (χ0) is 11.2. The average Bonchev–Trinajstić information content (AvgIpc) is 2.84. The van der Waals surface area contributed by atoms with Gasteiger partial charge in [-0.3, -0.25) is 0 Å². The molecule has 0 bridgehead atoms. The van der Waals surface area contributed by atoms with E-state index in [0.717, 1.165) is 19.3 Å². The smallest absolute Gasteiger partial charge is 0.334 e. The molecule has 6 heteroatoms. The molecule has 2 aliphatic rings. The number of aliphatic carboxylic acids is 1. The Bertz CT molecular complexity index is 413. The van der Waals surface area contributed by atoms with E-state index in [4.69, 9.17) is 4.74 Å². The van der Waals surface area contributed by atoms with E-state index >= 15 is 0 Å². The van der Waals surface area contributed by atoms with Gasteiger partial charge in [-0.2, -0.15) is 0 Å². The molecule has 0 amide bonds. The molecule has 16 heavy (non-hydrogen) atoms.